The Morgan fingerprint density at radius 3 is 2.50 bits per heavy atom. The maximum atomic E-state index is 12.3. The maximum Gasteiger partial charge on any atom is 0.240 e. The van der Waals surface area contributed by atoms with Gasteiger partial charge in [-0.05, 0) is 25.2 Å². The molecule has 1 amide bonds. The molecule has 0 aromatic carbocycles. The van der Waals surface area contributed by atoms with Crippen LogP contribution in [0.1, 0.15) is 53.4 Å². The second kappa shape index (κ2) is 5.17. The number of nitrogens with two attached hydrogens (primary N) is 1. The van der Waals surface area contributed by atoms with Crippen LogP contribution in [0.3, 0.4) is 0 Å². The average Bonchev–Trinajstić information content (AvgIpc) is 2.39. The third-order valence-electron chi connectivity index (χ3n) is 3.54. The van der Waals surface area contributed by atoms with Crippen molar-refractivity contribution in [3.05, 3.63) is 0 Å². The van der Waals surface area contributed by atoms with Crippen molar-refractivity contribution in [2.75, 3.05) is 6.54 Å². The fourth-order valence-corrected chi connectivity index (χ4v) is 2.15. The van der Waals surface area contributed by atoms with Crippen LogP contribution in [0.4, 0.5) is 0 Å². The molecule has 0 saturated carbocycles. The standard InChI is InChI=1S/C13H26N2O/c1-10-8-6-5-7-9-15(10)12(16)11(14)13(2,3)4/h10-11H,5-9,14H2,1-4H3. The maximum absolute atomic E-state index is 12.3. The highest BCUT2D eigenvalue weighted by atomic mass is 16.2. The second-order valence-corrected chi connectivity index (χ2v) is 6.07. The van der Waals surface area contributed by atoms with Gasteiger partial charge in [0.05, 0.1) is 6.04 Å². The van der Waals surface area contributed by atoms with E-state index in [1.54, 1.807) is 0 Å². The van der Waals surface area contributed by atoms with E-state index in [2.05, 4.69) is 6.92 Å². The highest BCUT2D eigenvalue weighted by Crippen LogP contribution is 2.23. The molecule has 1 aliphatic rings. The monoisotopic (exact) mass is 226 g/mol. The molecule has 3 nitrogen and oxygen atoms in total. The van der Waals surface area contributed by atoms with Crippen molar-refractivity contribution in [2.45, 2.75) is 65.5 Å². The van der Waals surface area contributed by atoms with Gasteiger partial charge in [-0.15, -0.1) is 0 Å². The third kappa shape index (κ3) is 3.21. The second-order valence-electron chi connectivity index (χ2n) is 6.07. The minimum atomic E-state index is -0.381. The Kier molecular flexibility index (Phi) is 4.36. The molecule has 2 atom stereocenters. The lowest BCUT2D eigenvalue weighted by Gasteiger charge is -2.34. The Labute approximate surface area is 99.4 Å². The van der Waals surface area contributed by atoms with Crippen LogP contribution in [0, 0.1) is 5.41 Å². The molecule has 94 valence electrons. The first-order chi connectivity index (χ1) is 7.34. The number of hydrogen-bond donors (Lipinski definition) is 1. The predicted octanol–water partition coefficient (Wildman–Crippen LogP) is 2.15. The summed E-state index contributed by atoms with van der Waals surface area (Å²) in [6.45, 7) is 9.09. The number of carbonyl (C=O) groups is 1. The van der Waals surface area contributed by atoms with Crippen LogP contribution in [-0.2, 0) is 4.79 Å². The van der Waals surface area contributed by atoms with Gasteiger partial charge >= 0.3 is 0 Å². The molecule has 16 heavy (non-hydrogen) atoms. The van der Waals surface area contributed by atoms with Crippen LogP contribution < -0.4 is 5.73 Å². The Balaban J connectivity index is 2.71. The van der Waals surface area contributed by atoms with Crippen molar-refractivity contribution in [3.8, 4) is 0 Å². The van der Waals surface area contributed by atoms with E-state index in [1.165, 1.54) is 12.8 Å². The van der Waals surface area contributed by atoms with Gasteiger partial charge in [-0.2, -0.15) is 0 Å². The average molecular weight is 226 g/mol. The molecule has 0 spiro atoms. The minimum Gasteiger partial charge on any atom is -0.339 e. The Morgan fingerprint density at radius 2 is 1.94 bits per heavy atom. The number of hydrogen-bond acceptors (Lipinski definition) is 2. The zero-order valence-corrected chi connectivity index (χ0v) is 11.1. The molecule has 0 radical (unpaired) electrons. The summed E-state index contributed by atoms with van der Waals surface area (Å²) in [5, 5.41) is 0. The molecule has 0 aliphatic carbocycles. The predicted molar refractivity (Wildman–Crippen MR) is 67.1 cm³/mol. The Morgan fingerprint density at radius 1 is 1.31 bits per heavy atom. The number of nitrogens with zero attached hydrogens (tertiary/aromatic N) is 1. The highest BCUT2D eigenvalue weighted by Gasteiger charge is 2.33. The lowest BCUT2D eigenvalue weighted by Crippen LogP contribution is -2.52. The summed E-state index contributed by atoms with van der Waals surface area (Å²) in [5.74, 6) is 0.127. The molecule has 1 heterocycles. The van der Waals surface area contributed by atoms with Gasteiger partial charge in [0, 0.05) is 12.6 Å². The van der Waals surface area contributed by atoms with Crippen molar-refractivity contribution in [1.29, 1.82) is 0 Å². The van der Waals surface area contributed by atoms with Gasteiger partial charge in [0.15, 0.2) is 0 Å². The van der Waals surface area contributed by atoms with E-state index >= 15 is 0 Å². The van der Waals surface area contributed by atoms with Gasteiger partial charge in [-0.3, -0.25) is 4.79 Å². The largest absolute Gasteiger partial charge is 0.339 e. The van der Waals surface area contributed by atoms with Crippen LogP contribution >= 0.6 is 0 Å². The van der Waals surface area contributed by atoms with E-state index < -0.39 is 0 Å². The quantitative estimate of drug-likeness (QED) is 0.744. The van der Waals surface area contributed by atoms with Crippen molar-refractivity contribution in [1.82, 2.24) is 4.90 Å². The molecule has 1 saturated heterocycles. The first kappa shape index (κ1) is 13.5. The first-order valence-electron chi connectivity index (χ1n) is 6.40. The summed E-state index contributed by atoms with van der Waals surface area (Å²) >= 11 is 0. The molecular formula is C13H26N2O. The summed E-state index contributed by atoms with van der Waals surface area (Å²) < 4.78 is 0. The molecule has 2 N–H and O–H groups in total. The Hall–Kier alpha value is -0.570. The topological polar surface area (TPSA) is 46.3 Å². The molecule has 3 heteroatoms. The number of amides is 1. The number of rotatable bonds is 1. The SMILES string of the molecule is CC1CCCCCN1C(=O)C(N)C(C)(C)C. The van der Waals surface area contributed by atoms with Gasteiger partial charge in [-0.25, -0.2) is 0 Å². The van der Waals surface area contributed by atoms with E-state index in [0.29, 0.717) is 6.04 Å². The number of carbonyl (C=O) groups excluding carboxylic acids is 1. The summed E-state index contributed by atoms with van der Waals surface area (Å²) in [6.07, 6.45) is 4.70. The van der Waals surface area contributed by atoms with Crippen molar-refractivity contribution in [3.63, 3.8) is 0 Å². The van der Waals surface area contributed by atoms with E-state index in [4.69, 9.17) is 5.73 Å². The summed E-state index contributed by atoms with van der Waals surface area (Å²) in [7, 11) is 0. The molecule has 2 unspecified atom stereocenters. The summed E-state index contributed by atoms with van der Waals surface area (Å²) in [4.78, 5) is 14.3. The fraction of sp³-hybridized carbons (Fsp3) is 0.923. The molecule has 0 aromatic heterocycles. The van der Waals surface area contributed by atoms with Gasteiger partial charge < -0.3 is 10.6 Å². The zero-order chi connectivity index (χ0) is 12.3. The number of likely N-dealkylation sites (tertiary alicyclic amines) is 1. The highest BCUT2D eigenvalue weighted by molar-refractivity contribution is 5.82. The fourth-order valence-electron chi connectivity index (χ4n) is 2.15. The first-order valence-corrected chi connectivity index (χ1v) is 6.40. The van der Waals surface area contributed by atoms with Gasteiger partial charge in [0.2, 0.25) is 5.91 Å². The van der Waals surface area contributed by atoms with Crippen molar-refractivity contribution in [2.24, 2.45) is 11.1 Å². The minimum absolute atomic E-state index is 0.127. The smallest absolute Gasteiger partial charge is 0.240 e. The van der Waals surface area contributed by atoms with E-state index in [0.717, 1.165) is 19.4 Å². The van der Waals surface area contributed by atoms with E-state index in [9.17, 15) is 4.79 Å². The lowest BCUT2D eigenvalue weighted by molar-refractivity contribution is -0.136. The van der Waals surface area contributed by atoms with Crippen LogP contribution in [0.2, 0.25) is 0 Å². The molecule has 1 rings (SSSR count). The summed E-state index contributed by atoms with van der Waals surface area (Å²) in [5.41, 5.74) is 5.90. The Bertz CT molecular complexity index is 245. The lowest BCUT2D eigenvalue weighted by atomic mass is 9.86. The van der Waals surface area contributed by atoms with E-state index in [1.807, 2.05) is 25.7 Å². The summed E-state index contributed by atoms with van der Waals surface area (Å²) in [6, 6.07) is -0.0311. The zero-order valence-electron chi connectivity index (χ0n) is 11.1. The van der Waals surface area contributed by atoms with Gasteiger partial charge in [-0.1, -0.05) is 33.6 Å². The van der Waals surface area contributed by atoms with Gasteiger partial charge in [0.1, 0.15) is 0 Å². The van der Waals surface area contributed by atoms with Gasteiger partial charge in [0.25, 0.3) is 0 Å². The molecule has 1 fully saturated rings. The van der Waals surface area contributed by atoms with E-state index in [-0.39, 0.29) is 17.4 Å². The van der Waals surface area contributed by atoms with Crippen molar-refractivity contribution < 1.29 is 4.79 Å². The van der Waals surface area contributed by atoms with Crippen LogP contribution in [0.25, 0.3) is 0 Å². The molecule has 0 bridgehead atoms. The normalized spacial score (nSPS) is 25.1. The molecule has 1 aliphatic heterocycles. The molecule has 0 aromatic rings. The van der Waals surface area contributed by atoms with Crippen LogP contribution in [-0.4, -0.2) is 29.4 Å². The van der Waals surface area contributed by atoms with Crippen LogP contribution in [0.5, 0.6) is 0 Å². The third-order valence-corrected chi connectivity index (χ3v) is 3.54. The molecular weight excluding hydrogens is 200 g/mol. The van der Waals surface area contributed by atoms with Crippen LogP contribution in [0.15, 0.2) is 0 Å². The van der Waals surface area contributed by atoms with Crippen molar-refractivity contribution >= 4 is 5.91 Å².